The third-order valence-corrected chi connectivity index (χ3v) is 5.96. The quantitative estimate of drug-likeness (QED) is 0.843. The zero-order valence-electron chi connectivity index (χ0n) is 13.6. The monoisotopic (exact) mass is 329 g/mol. The molecule has 2 aromatic heterocycles. The van der Waals surface area contributed by atoms with E-state index in [2.05, 4.69) is 30.9 Å². The Kier molecular flexibility index (Phi) is 4.25. The summed E-state index contributed by atoms with van der Waals surface area (Å²) in [6.07, 6.45) is 9.17. The Morgan fingerprint density at radius 1 is 1.13 bits per heavy atom. The van der Waals surface area contributed by atoms with Crippen molar-refractivity contribution in [3.05, 3.63) is 24.4 Å². The highest BCUT2D eigenvalue weighted by molar-refractivity contribution is 7.99. The van der Waals surface area contributed by atoms with Crippen LogP contribution in [0.4, 0.5) is 5.95 Å². The topological polar surface area (TPSA) is 46.8 Å². The van der Waals surface area contributed by atoms with Crippen molar-refractivity contribution in [2.75, 3.05) is 24.2 Å². The number of rotatable bonds is 5. The minimum Gasteiger partial charge on any atom is -0.341 e. The third kappa shape index (κ3) is 3.22. The number of hydrogen-bond acceptors (Lipinski definition) is 5. The van der Waals surface area contributed by atoms with Crippen LogP contribution in [-0.2, 0) is 6.54 Å². The van der Waals surface area contributed by atoms with E-state index in [1.165, 1.54) is 25.7 Å². The molecule has 122 valence electrons. The lowest BCUT2D eigenvalue weighted by molar-refractivity contribution is 0.553. The van der Waals surface area contributed by atoms with Gasteiger partial charge in [0.05, 0.1) is 0 Å². The summed E-state index contributed by atoms with van der Waals surface area (Å²) in [5.74, 6) is 2.74. The number of pyridine rings is 1. The van der Waals surface area contributed by atoms with Crippen molar-refractivity contribution in [2.45, 2.75) is 37.5 Å². The molecule has 6 heteroatoms. The Morgan fingerprint density at radius 3 is 2.61 bits per heavy atom. The number of hydrogen-bond donors (Lipinski definition) is 0. The number of anilines is 1. The van der Waals surface area contributed by atoms with Gasteiger partial charge in [-0.2, -0.15) is 11.8 Å². The molecule has 2 fully saturated rings. The maximum Gasteiger partial charge on any atom is 0.227 e. The summed E-state index contributed by atoms with van der Waals surface area (Å²) >= 11 is 1.99. The molecule has 2 aliphatic rings. The molecule has 0 atom stereocenters. The summed E-state index contributed by atoms with van der Waals surface area (Å²) < 4.78 is 2.30. The summed E-state index contributed by atoms with van der Waals surface area (Å²) in [5, 5.41) is 9.82. The summed E-state index contributed by atoms with van der Waals surface area (Å²) in [6.45, 7) is 3.18. The van der Waals surface area contributed by atoms with Crippen molar-refractivity contribution in [1.29, 1.82) is 0 Å². The first kappa shape index (κ1) is 15.0. The Balaban J connectivity index is 1.63. The predicted octanol–water partition coefficient (Wildman–Crippen LogP) is 3.08. The molecule has 0 N–H and O–H groups in total. The molecular formula is C17H23N5S. The van der Waals surface area contributed by atoms with E-state index in [4.69, 9.17) is 0 Å². The van der Waals surface area contributed by atoms with Crippen LogP contribution in [0.3, 0.4) is 0 Å². The van der Waals surface area contributed by atoms with Gasteiger partial charge < -0.3 is 4.90 Å². The fourth-order valence-corrected chi connectivity index (χ4v) is 3.91. The van der Waals surface area contributed by atoms with Gasteiger partial charge in [0.25, 0.3) is 0 Å². The van der Waals surface area contributed by atoms with E-state index in [0.29, 0.717) is 0 Å². The Morgan fingerprint density at radius 2 is 1.96 bits per heavy atom. The molecule has 0 amide bonds. The molecule has 1 saturated carbocycles. The Labute approximate surface area is 141 Å². The van der Waals surface area contributed by atoms with Crippen LogP contribution in [0, 0.1) is 5.92 Å². The zero-order valence-corrected chi connectivity index (χ0v) is 14.4. The Bertz CT molecular complexity index is 644. The van der Waals surface area contributed by atoms with Crippen molar-refractivity contribution in [3.63, 3.8) is 0 Å². The van der Waals surface area contributed by atoms with Crippen LogP contribution in [0.5, 0.6) is 0 Å². The summed E-state index contributed by atoms with van der Waals surface area (Å²) in [5.41, 5.74) is 0.922. The van der Waals surface area contributed by atoms with E-state index >= 15 is 0 Å². The van der Waals surface area contributed by atoms with Gasteiger partial charge in [-0.3, -0.25) is 9.55 Å². The molecule has 0 radical (unpaired) electrons. The van der Waals surface area contributed by atoms with Gasteiger partial charge in [-0.05, 0) is 50.0 Å². The minimum absolute atomic E-state index is 0.788. The first-order valence-corrected chi connectivity index (χ1v) is 9.76. The molecule has 1 aliphatic carbocycles. The number of thioether (sulfide) groups is 1. The molecule has 1 saturated heterocycles. The molecule has 0 bridgehead atoms. The largest absolute Gasteiger partial charge is 0.341 e. The van der Waals surface area contributed by atoms with Crippen LogP contribution in [-0.4, -0.2) is 44.3 Å². The molecular weight excluding hydrogens is 306 g/mol. The maximum atomic E-state index is 4.54. The highest BCUT2D eigenvalue weighted by Crippen LogP contribution is 2.34. The number of nitrogens with zero attached hydrogens (tertiary/aromatic N) is 5. The van der Waals surface area contributed by atoms with E-state index in [0.717, 1.165) is 48.3 Å². The average Bonchev–Trinajstić information content (AvgIpc) is 3.33. The molecule has 4 rings (SSSR count). The first-order chi connectivity index (χ1) is 11.3. The Hall–Kier alpha value is -1.56. The zero-order chi connectivity index (χ0) is 15.6. The van der Waals surface area contributed by atoms with E-state index < -0.39 is 0 Å². The van der Waals surface area contributed by atoms with Crippen LogP contribution >= 0.6 is 11.8 Å². The molecule has 1 aliphatic heterocycles. The SMILES string of the molecule is CSC1CCN(c2nnc(-c3ccccn3)n2CC2CC2)CC1. The fraction of sp³-hybridized carbons (Fsp3) is 0.588. The van der Waals surface area contributed by atoms with Crippen LogP contribution in [0.1, 0.15) is 25.7 Å². The van der Waals surface area contributed by atoms with Gasteiger partial charge >= 0.3 is 0 Å². The second-order valence-electron chi connectivity index (χ2n) is 6.51. The van der Waals surface area contributed by atoms with Gasteiger partial charge in [-0.15, -0.1) is 10.2 Å². The van der Waals surface area contributed by atoms with Gasteiger partial charge in [0.2, 0.25) is 5.95 Å². The highest BCUT2D eigenvalue weighted by Gasteiger charge is 2.29. The van der Waals surface area contributed by atoms with Crippen molar-refractivity contribution < 1.29 is 0 Å². The second-order valence-corrected chi connectivity index (χ2v) is 7.65. The van der Waals surface area contributed by atoms with Crippen LogP contribution in [0.25, 0.3) is 11.5 Å². The maximum absolute atomic E-state index is 4.54. The van der Waals surface area contributed by atoms with E-state index in [1.54, 1.807) is 0 Å². The standard InChI is InChI=1S/C17H23N5S/c1-23-14-7-10-21(11-8-14)17-20-19-16(15-4-2-3-9-18-15)22(17)12-13-5-6-13/h2-4,9,13-14H,5-8,10-12H2,1H3. The molecule has 0 spiro atoms. The molecule has 3 heterocycles. The summed E-state index contributed by atoms with van der Waals surface area (Å²) in [7, 11) is 0. The molecule has 2 aromatic rings. The molecule has 0 aromatic carbocycles. The fourth-order valence-electron chi connectivity index (χ4n) is 3.23. The van der Waals surface area contributed by atoms with Crippen molar-refractivity contribution in [3.8, 4) is 11.5 Å². The summed E-state index contributed by atoms with van der Waals surface area (Å²) in [4.78, 5) is 6.89. The van der Waals surface area contributed by atoms with Crippen molar-refractivity contribution in [1.82, 2.24) is 19.7 Å². The third-order valence-electron chi connectivity index (χ3n) is 4.82. The van der Waals surface area contributed by atoms with Crippen LogP contribution in [0.2, 0.25) is 0 Å². The van der Waals surface area contributed by atoms with Gasteiger partial charge in [0.15, 0.2) is 5.82 Å². The van der Waals surface area contributed by atoms with Crippen molar-refractivity contribution in [2.24, 2.45) is 5.92 Å². The lowest BCUT2D eigenvalue weighted by Crippen LogP contribution is -2.36. The second kappa shape index (κ2) is 6.51. The van der Waals surface area contributed by atoms with Gasteiger partial charge in [-0.25, -0.2) is 0 Å². The predicted molar refractivity (Wildman–Crippen MR) is 94.7 cm³/mol. The summed E-state index contributed by atoms with van der Waals surface area (Å²) in [6, 6.07) is 5.98. The lowest BCUT2D eigenvalue weighted by Gasteiger charge is -2.32. The number of piperidine rings is 1. The number of aromatic nitrogens is 4. The van der Waals surface area contributed by atoms with E-state index in [1.807, 2.05) is 36.2 Å². The average molecular weight is 329 g/mol. The first-order valence-electron chi connectivity index (χ1n) is 8.47. The lowest BCUT2D eigenvalue weighted by atomic mass is 10.1. The molecule has 5 nitrogen and oxygen atoms in total. The van der Waals surface area contributed by atoms with Gasteiger partial charge in [0, 0.05) is 31.1 Å². The van der Waals surface area contributed by atoms with Crippen molar-refractivity contribution >= 4 is 17.7 Å². The van der Waals surface area contributed by atoms with Gasteiger partial charge in [0.1, 0.15) is 5.69 Å². The highest BCUT2D eigenvalue weighted by atomic mass is 32.2. The molecule has 0 unspecified atom stereocenters. The van der Waals surface area contributed by atoms with Crippen LogP contribution in [0.15, 0.2) is 24.4 Å². The minimum atomic E-state index is 0.788. The van der Waals surface area contributed by atoms with Crippen LogP contribution < -0.4 is 4.90 Å². The smallest absolute Gasteiger partial charge is 0.227 e. The normalized spacial score (nSPS) is 19.3. The van der Waals surface area contributed by atoms with E-state index in [9.17, 15) is 0 Å². The molecule has 23 heavy (non-hydrogen) atoms. The van der Waals surface area contributed by atoms with Gasteiger partial charge in [-0.1, -0.05) is 6.07 Å². The van der Waals surface area contributed by atoms with E-state index in [-0.39, 0.29) is 0 Å².